The maximum atomic E-state index is 3.30. The molecule has 126 valence electrons. The summed E-state index contributed by atoms with van der Waals surface area (Å²) in [5.41, 5.74) is 7.99. The highest BCUT2D eigenvalue weighted by Gasteiger charge is 2.15. The molecule has 0 spiro atoms. The summed E-state index contributed by atoms with van der Waals surface area (Å²) in [7, 11) is 0. The Labute approximate surface area is 155 Å². The van der Waals surface area contributed by atoms with E-state index in [9.17, 15) is 0 Å². The molecule has 0 saturated carbocycles. The number of nitrogens with one attached hydrogen (secondary N) is 1. The molecule has 26 heavy (non-hydrogen) atoms. The van der Waals surface area contributed by atoms with Gasteiger partial charge in [-0.25, -0.2) is 0 Å². The third-order valence-corrected chi connectivity index (χ3v) is 4.54. The minimum Gasteiger partial charge on any atom is -0.356 e. The first-order valence-corrected chi connectivity index (χ1v) is 8.93. The van der Waals surface area contributed by atoms with Crippen molar-refractivity contribution in [2.24, 2.45) is 0 Å². The molecular weight excluding hydrogens is 314 g/mol. The van der Waals surface area contributed by atoms with Crippen molar-refractivity contribution in [3.8, 4) is 11.1 Å². The summed E-state index contributed by atoms with van der Waals surface area (Å²) < 4.78 is 0. The maximum Gasteiger partial charge on any atom is 0.0384 e. The van der Waals surface area contributed by atoms with E-state index in [1.54, 1.807) is 0 Å². The van der Waals surface area contributed by atoms with Gasteiger partial charge in [-0.05, 0) is 52.9 Å². The molecule has 0 bridgehead atoms. The van der Waals surface area contributed by atoms with Gasteiger partial charge < -0.3 is 5.32 Å². The SMILES string of the molecule is c1ccc(Nc2ccccc2)cc1.c1ccc2c(c1)Cc1ccccc1-2. The smallest absolute Gasteiger partial charge is 0.0384 e. The van der Waals surface area contributed by atoms with Gasteiger partial charge in [0.1, 0.15) is 0 Å². The highest BCUT2D eigenvalue weighted by atomic mass is 14.9. The van der Waals surface area contributed by atoms with E-state index in [0.717, 1.165) is 17.8 Å². The van der Waals surface area contributed by atoms with E-state index in [-0.39, 0.29) is 0 Å². The van der Waals surface area contributed by atoms with Crippen LogP contribution in [-0.2, 0) is 6.42 Å². The molecule has 0 unspecified atom stereocenters. The van der Waals surface area contributed by atoms with Gasteiger partial charge in [0, 0.05) is 11.4 Å². The van der Waals surface area contributed by atoms with Crippen molar-refractivity contribution in [3.05, 3.63) is 120 Å². The average molecular weight is 335 g/mol. The van der Waals surface area contributed by atoms with Gasteiger partial charge >= 0.3 is 0 Å². The third kappa shape index (κ3) is 3.68. The summed E-state index contributed by atoms with van der Waals surface area (Å²) in [6.45, 7) is 0. The normalized spacial score (nSPS) is 10.9. The first-order chi connectivity index (χ1) is 12.9. The van der Waals surface area contributed by atoms with Gasteiger partial charge in [-0.1, -0.05) is 84.9 Å². The van der Waals surface area contributed by atoms with E-state index >= 15 is 0 Å². The standard InChI is InChI=1S/C13H10.C12H11N/c1-3-7-12-10(5-1)9-11-6-2-4-8-13(11)12;1-3-7-11(8-4-1)13-12-9-5-2-6-10-12/h1-8H,9H2;1-10,13H. The van der Waals surface area contributed by atoms with E-state index < -0.39 is 0 Å². The van der Waals surface area contributed by atoms with Crippen molar-refractivity contribution in [2.75, 3.05) is 5.32 Å². The third-order valence-electron chi connectivity index (χ3n) is 4.54. The Bertz CT molecular complexity index is 894. The van der Waals surface area contributed by atoms with E-state index in [0.29, 0.717) is 0 Å². The number of rotatable bonds is 2. The quantitative estimate of drug-likeness (QED) is 0.379. The Morgan fingerprint density at radius 3 is 1.27 bits per heavy atom. The lowest BCUT2D eigenvalue weighted by molar-refractivity contribution is 1.26. The lowest BCUT2D eigenvalue weighted by Crippen LogP contribution is -1.87. The molecule has 0 atom stereocenters. The predicted molar refractivity (Wildman–Crippen MR) is 111 cm³/mol. The van der Waals surface area contributed by atoms with Crippen molar-refractivity contribution in [1.29, 1.82) is 0 Å². The first-order valence-electron chi connectivity index (χ1n) is 8.93. The monoisotopic (exact) mass is 335 g/mol. The summed E-state index contributed by atoms with van der Waals surface area (Å²) in [6.07, 6.45) is 1.10. The Morgan fingerprint density at radius 1 is 0.423 bits per heavy atom. The molecule has 5 rings (SSSR count). The van der Waals surface area contributed by atoms with Crippen LogP contribution in [0.4, 0.5) is 11.4 Å². The van der Waals surface area contributed by atoms with Crippen LogP contribution in [0.15, 0.2) is 109 Å². The van der Waals surface area contributed by atoms with Gasteiger partial charge in [0.05, 0.1) is 0 Å². The molecule has 4 aromatic carbocycles. The van der Waals surface area contributed by atoms with Gasteiger partial charge in [0.2, 0.25) is 0 Å². The molecule has 0 saturated heterocycles. The van der Waals surface area contributed by atoms with Crippen LogP contribution in [-0.4, -0.2) is 0 Å². The summed E-state index contributed by atoms with van der Waals surface area (Å²) in [4.78, 5) is 0. The molecule has 0 fully saturated rings. The highest BCUT2D eigenvalue weighted by Crippen LogP contribution is 2.35. The Balaban J connectivity index is 0.000000129. The molecular formula is C25H21N. The molecule has 1 nitrogen and oxygen atoms in total. The summed E-state index contributed by atoms with van der Waals surface area (Å²) >= 11 is 0. The van der Waals surface area contributed by atoms with E-state index in [2.05, 4.69) is 53.8 Å². The zero-order chi connectivity index (χ0) is 17.6. The Kier molecular flexibility index (Phi) is 4.79. The second-order valence-corrected chi connectivity index (χ2v) is 6.35. The number of hydrogen-bond acceptors (Lipinski definition) is 1. The average Bonchev–Trinajstić information content (AvgIpc) is 3.09. The molecule has 1 aliphatic carbocycles. The van der Waals surface area contributed by atoms with Crippen molar-refractivity contribution < 1.29 is 0 Å². The molecule has 0 aromatic heterocycles. The van der Waals surface area contributed by atoms with Crippen molar-refractivity contribution in [2.45, 2.75) is 6.42 Å². The largest absolute Gasteiger partial charge is 0.356 e. The summed E-state index contributed by atoms with van der Waals surface area (Å²) in [6, 6.07) is 37.6. The van der Waals surface area contributed by atoms with Gasteiger partial charge in [-0.3, -0.25) is 0 Å². The molecule has 1 N–H and O–H groups in total. The van der Waals surface area contributed by atoms with E-state index in [1.165, 1.54) is 22.3 Å². The minimum atomic E-state index is 1.10. The predicted octanol–water partition coefficient (Wildman–Crippen LogP) is 6.69. The number of benzene rings is 4. The molecule has 0 radical (unpaired) electrons. The number of para-hydroxylation sites is 2. The van der Waals surface area contributed by atoms with Crippen LogP contribution in [0.3, 0.4) is 0 Å². The number of fused-ring (bicyclic) bond motifs is 3. The molecule has 0 amide bonds. The second-order valence-electron chi connectivity index (χ2n) is 6.35. The topological polar surface area (TPSA) is 12.0 Å². The fraction of sp³-hybridized carbons (Fsp3) is 0.0400. The zero-order valence-corrected chi connectivity index (χ0v) is 14.6. The van der Waals surface area contributed by atoms with Crippen LogP contribution < -0.4 is 5.32 Å². The van der Waals surface area contributed by atoms with Crippen LogP contribution in [0, 0.1) is 0 Å². The first kappa shape index (κ1) is 16.2. The summed E-state index contributed by atoms with van der Waals surface area (Å²) in [5, 5.41) is 3.30. The van der Waals surface area contributed by atoms with Gasteiger partial charge in [0.25, 0.3) is 0 Å². The lowest BCUT2D eigenvalue weighted by Gasteiger charge is -2.04. The Morgan fingerprint density at radius 2 is 0.808 bits per heavy atom. The maximum absolute atomic E-state index is 3.30. The van der Waals surface area contributed by atoms with Gasteiger partial charge in [-0.2, -0.15) is 0 Å². The van der Waals surface area contributed by atoms with E-state index in [4.69, 9.17) is 0 Å². The number of hydrogen-bond donors (Lipinski definition) is 1. The van der Waals surface area contributed by atoms with Crippen molar-refractivity contribution in [1.82, 2.24) is 0 Å². The minimum absolute atomic E-state index is 1.10. The van der Waals surface area contributed by atoms with Gasteiger partial charge in [0.15, 0.2) is 0 Å². The lowest BCUT2D eigenvalue weighted by atomic mass is 10.1. The zero-order valence-electron chi connectivity index (χ0n) is 14.6. The van der Waals surface area contributed by atoms with Crippen molar-refractivity contribution >= 4 is 11.4 Å². The van der Waals surface area contributed by atoms with Crippen LogP contribution in [0.25, 0.3) is 11.1 Å². The fourth-order valence-electron chi connectivity index (χ4n) is 3.29. The fourth-order valence-corrected chi connectivity index (χ4v) is 3.29. The van der Waals surface area contributed by atoms with Gasteiger partial charge in [-0.15, -0.1) is 0 Å². The van der Waals surface area contributed by atoms with Crippen LogP contribution in [0.5, 0.6) is 0 Å². The van der Waals surface area contributed by atoms with Crippen LogP contribution >= 0.6 is 0 Å². The molecule has 1 aliphatic rings. The molecule has 1 heteroatoms. The van der Waals surface area contributed by atoms with Crippen LogP contribution in [0.1, 0.15) is 11.1 Å². The molecule has 0 heterocycles. The summed E-state index contributed by atoms with van der Waals surface area (Å²) in [5.74, 6) is 0. The van der Waals surface area contributed by atoms with Crippen LogP contribution in [0.2, 0.25) is 0 Å². The molecule has 0 aliphatic heterocycles. The highest BCUT2D eigenvalue weighted by molar-refractivity contribution is 5.76. The number of anilines is 2. The van der Waals surface area contributed by atoms with E-state index in [1.807, 2.05) is 60.7 Å². The Hall–Kier alpha value is -3.32. The van der Waals surface area contributed by atoms with Crippen molar-refractivity contribution in [3.63, 3.8) is 0 Å². The second kappa shape index (κ2) is 7.71. The molecule has 4 aromatic rings.